The fraction of sp³-hybridized carbons (Fsp3) is 0.278. The Morgan fingerprint density at radius 2 is 1.41 bits per heavy atom. The normalized spacial score (nSPS) is 12.3. The second-order valence-corrected chi connectivity index (χ2v) is 15.0. The number of nitrogens with zero attached hydrogens (tertiary/aromatic N) is 2. The predicted octanol–water partition coefficient (Wildman–Crippen LogP) is 7.36. The lowest BCUT2D eigenvalue weighted by atomic mass is 10.0. The minimum Gasteiger partial charge on any atom is -0.350 e. The first-order valence-electron chi connectivity index (χ1n) is 14.9. The van der Waals surface area contributed by atoms with Crippen molar-refractivity contribution in [1.29, 1.82) is 0 Å². The van der Waals surface area contributed by atoms with Gasteiger partial charge in [0.15, 0.2) is 0 Å². The zero-order chi connectivity index (χ0) is 33.6. The molecule has 4 aromatic rings. The molecule has 0 bridgehead atoms. The average Bonchev–Trinajstić information content (AvgIpc) is 2.99. The molecular weight excluding hydrogens is 641 g/mol. The van der Waals surface area contributed by atoms with Crippen molar-refractivity contribution in [3.63, 3.8) is 0 Å². The quantitative estimate of drug-likeness (QED) is 0.179. The number of sulfonamides is 1. The van der Waals surface area contributed by atoms with E-state index in [4.69, 9.17) is 23.2 Å². The largest absolute Gasteiger partial charge is 0.350 e. The van der Waals surface area contributed by atoms with Crippen LogP contribution in [-0.4, -0.2) is 43.3 Å². The first-order chi connectivity index (χ1) is 21.7. The summed E-state index contributed by atoms with van der Waals surface area (Å²) in [6, 6.07) is 26.7. The van der Waals surface area contributed by atoms with Crippen LogP contribution in [0.1, 0.15) is 43.0 Å². The highest BCUT2D eigenvalue weighted by atomic mass is 35.5. The van der Waals surface area contributed by atoms with Crippen molar-refractivity contribution in [2.75, 3.05) is 10.8 Å². The zero-order valence-corrected chi connectivity index (χ0v) is 29.0. The maximum Gasteiger partial charge on any atom is 0.264 e. The molecule has 0 saturated heterocycles. The summed E-state index contributed by atoms with van der Waals surface area (Å²) in [5, 5.41) is 3.66. The number of aryl methyl sites for hydroxylation is 2. The van der Waals surface area contributed by atoms with Crippen molar-refractivity contribution in [2.24, 2.45) is 0 Å². The van der Waals surface area contributed by atoms with Crippen LogP contribution in [0.4, 0.5) is 5.69 Å². The van der Waals surface area contributed by atoms with Crippen LogP contribution in [0.25, 0.3) is 0 Å². The monoisotopic (exact) mass is 679 g/mol. The lowest BCUT2D eigenvalue weighted by Gasteiger charge is -2.36. The van der Waals surface area contributed by atoms with Crippen molar-refractivity contribution in [3.8, 4) is 0 Å². The van der Waals surface area contributed by atoms with E-state index >= 15 is 0 Å². The van der Waals surface area contributed by atoms with Crippen molar-refractivity contribution in [2.45, 2.75) is 64.1 Å². The number of anilines is 1. The topological polar surface area (TPSA) is 86.8 Å². The van der Waals surface area contributed by atoms with Gasteiger partial charge in [0, 0.05) is 34.1 Å². The maximum absolute atomic E-state index is 14.7. The van der Waals surface area contributed by atoms with Crippen LogP contribution in [0.5, 0.6) is 0 Å². The number of carbonyl (C=O) groups is 2. The third-order valence-electron chi connectivity index (χ3n) is 7.39. The molecule has 0 aromatic heterocycles. The molecule has 0 saturated carbocycles. The van der Waals surface area contributed by atoms with Gasteiger partial charge in [0.25, 0.3) is 10.0 Å². The number of nitrogens with one attached hydrogen (secondary N) is 1. The molecule has 0 unspecified atom stereocenters. The summed E-state index contributed by atoms with van der Waals surface area (Å²) in [6.07, 6.45) is 0.172. The third kappa shape index (κ3) is 8.69. The van der Waals surface area contributed by atoms with Crippen LogP contribution in [0.2, 0.25) is 10.0 Å². The Kier molecular flexibility index (Phi) is 11.2. The van der Waals surface area contributed by atoms with Gasteiger partial charge in [-0.2, -0.15) is 0 Å². The Balaban J connectivity index is 1.87. The molecule has 0 radical (unpaired) electrons. The number of benzene rings is 4. The van der Waals surface area contributed by atoms with Crippen molar-refractivity contribution >= 4 is 50.7 Å². The number of halogens is 2. The standard InChI is InChI=1S/C36H39Cl2N3O4S/c1-25-19-20-32(26(2)21-25)41(46(44,45)28-15-10-7-11-16-28)24-34(42)40(23-29-30(37)17-12-18-31(29)38)33(35(43)39-36(3,4)5)22-27-13-8-6-9-14-27/h6-21,33H,22-24H2,1-5H3,(H,39,43)/t33-/m1/s1. The summed E-state index contributed by atoms with van der Waals surface area (Å²) in [4.78, 5) is 30.1. The summed E-state index contributed by atoms with van der Waals surface area (Å²) < 4.78 is 29.5. The molecule has 4 rings (SSSR count). The molecule has 0 spiro atoms. The van der Waals surface area contributed by atoms with E-state index in [0.717, 1.165) is 15.4 Å². The first-order valence-corrected chi connectivity index (χ1v) is 17.1. The molecule has 2 amide bonds. The second-order valence-electron chi connectivity index (χ2n) is 12.3. The van der Waals surface area contributed by atoms with Gasteiger partial charge < -0.3 is 10.2 Å². The molecule has 10 heteroatoms. The lowest BCUT2D eigenvalue weighted by Crippen LogP contribution is -2.56. The molecule has 1 atom stereocenters. The maximum atomic E-state index is 14.7. The van der Waals surface area contributed by atoms with E-state index in [1.54, 1.807) is 55.5 Å². The zero-order valence-electron chi connectivity index (χ0n) is 26.6. The van der Waals surface area contributed by atoms with Gasteiger partial charge in [0.05, 0.1) is 10.6 Å². The molecule has 7 nitrogen and oxygen atoms in total. The van der Waals surface area contributed by atoms with E-state index in [9.17, 15) is 18.0 Å². The van der Waals surface area contributed by atoms with Crippen LogP contribution >= 0.6 is 23.2 Å². The minimum atomic E-state index is -4.21. The SMILES string of the molecule is Cc1ccc(N(CC(=O)N(Cc2c(Cl)cccc2Cl)[C@H](Cc2ccccc2)C(=O)NC(C)(C)C)S(=O)(=O)c2ccccc2)c(C)c1. The fourth-order valence-corrected chi connectivity index (χ4v) is 7.20. The van der Waals surface area contributed by atoms with Gasteiger partial charge in [-0.25, -0.2) is 8.42 Å². The highest BCUT2D eigenvalue weighted by Crippen LogP contribution is 2.30. The van der Waals surface area contributed by atoms with E-state index < -0.39 is 40.0 Å². The van der Waals surface area contributed by atoms with Crippen LogP contribution in [-0.2, 0) is 32.6 Å². The van der Waals surface area contributed by atoms with Crippen LogP contribution in [0.3, 0.4) is 0 Å². The van der Waals surface area contributed by atoms with E-state index in [-0.39, 0.29) is 17.9 Å². The fourth-order valence-electron chi connectivity index (χ4n) is 5.18. The van der Waals surface area contributed by atoms with Gasteiger partial charge in [0.1, 0.15) is 12.6 Å². The Morgan fingerprint density at radius 3 is 1.98 bits per heavy atom. The van der Waals surface area contributed by atoms with E-state index in [1.165, 1.54) is 17.0 Å². The van der Waals surface area contributed by atoms with Gasteiger partial charge in [0.2, 0.25) is 11.8 Å². The van der Waals surface area contributed by atoms with Gasteiger partial charge in [-0.3, -0.25) is 13.9 Å². The van der Waals surface area contributed by atoms with Crippen molar-refractivity contribution < 1.29 is 18.0 Å². The van der Waals surface area contributed by atoms with Gasteiger partial charge in [-0.1, -0.05) is 95.5 Å². The molecule has 0 fully saturated rings. The highest BCUT2D eigenvalue weighted by molar-refractivity contribution is 7.92. The number of hydrogen-bond donors (Lipinski definition) is 1. The molecule has 0 aliphatic carbocycles. The second kappa shape index (κ2) is 14.7. The number of carbonyl (C=O) groups excluding carboxylic acids is 2. The molecule has 1 N–H and O–H groups in total. The minimum absolute atomic E-state index is 0.0368. The molecular formula is C36H39Cl2N3O4S. The van der Waals surface area contributed by atoms with E-state index in [0.29, 0.717) is 26.9 Å². The van der Waals surface area contributed by atoms with Crippen molar-refractivity contribution in [3.05, 3.63) is 129 Å². The molecule has 0 aliphatic rings. The summed E-state index contributed by atoms with van der Waals surface area (Å²) in [7, 11) is -4.21. The van der Waals surface area contributed by atoms with Gasteiger partial charge in [-0.05, 0) is 76.1 Å². The summed E-state index contributed by atoms with van der Waals surface area (Å²) in [5.41, 5.74) is 2.65. The Labute approximate surface area is 282 Å². The molecule has 0 heterocycles. The lowest BCUT2D eigenvalue weighted by molar-refractivity contribution is -0.140. The molecule has 0 aliphatic heterocycles. The summed E-state index contributed by atoms with van der Waals surface area (Å²) in [5.74, 6) is -0.989. The van der Waals surface area contributed by atoms with Crippen molar-refractivity contribution in [1.82, 2.24) is 10.2 Å². The highest BCUT2D eigenvalue weighted by Gasteiger charge is 2.36. The Morgan fingerprint density at radius 1 is 0.826 bits per heavy atom. The van der Waals surface area contributed by atoms with Crippen LogP contribution < -0.4 is 9.62 Å². The summed E-state index contributed by atoms with van der Waals surface area (Å²) >= 11 is 13.2. The number of hydrogen-bond acceptors (Lipinski definition) is 4. The smallest absolute Gasteiger partial charge is 0.264 e. The van der Waals surface area contributed by atoms with E-state index in [2.05, 4.69) is 5.32 Å². The molecule has 46 heavy (non-hydrogen) atoms. The number of amides is 2. The van der Waals surface area contributed by atoms with E-state index in [1.807, 2.05) is 64.1 Å². The molecule has 242 valence electrons. The van der Waals surface area contributed by atoms with Gasteiger partial charge in [-0.15, -0.1) is 0 Å². The summed E-state index contributed by atoms with van der Waals surface area (Å²) in [6.45, 7) is 8.59. The van der Waals surface area contributed by atoms with Crippen LogP contribution in [0, 0.1) is 13.8 Å². The average molecular weight is 681 g/mol. The Hall–Kier alpha value is -3.85. The van der Waals surface area contributed by atoms with Crippen LogP contribution in [0.15, 0.2) is 102 Å². The predicted molar refractivity (Wildman–Crippen MR) is 186 cm³/mol. The first kappa shape index (κ1) is 35.0. The third-order valence-corrected chi connectivity index (χ3v) is 9.87. The van der Waals surface area contributed by atoms with Gasteiger partial charge >= 0.3 is 0 Å². The Bertz CT molecular complexity index is 1770. The number of rotatable bonds is 11. The molecule has 4 aromatic carbocycles.